The summed E-state index contributed by atoms with van der Waals surface area (Å²) in [6, 6.07) is 16.4. The van der Waals surface area contributed by atoms with E-state index in [4.69, 9.17) is 21.2 Å². The molecule has 4 rings (SSSR count). The number of hydrogen-bond donors (Lipinski definition) is 0. The maximum Gasteiger partial charge on any atom is 0.157 e. The Kier molecular flexibility index (Phi) is 6.73. The fourth-order valence-electron chi connectivity index (χ4n) is 4.59. The number of piperidine rings is 1. The molecule has 0 amide bonds. The smallest absolute Gasteiger partial charge is 0.157 e. The number of rotatable bonds is 5. The van der Waals surface area contributed by atoms with E-state index < -0.39 is 0 Å². The number of halogens is 1. The maximum absolute atomic E-state index is 6.23. The molecule has 4 nitrogen and oxygen atoms in total. The molecule has 0 unspecified atom stereocenters. The van der Waals surface area contributed by atoms with Crippen molar-refractivity contribution in [2.75, 3.05) is 20.2 Å². The van der Waals surface area contributed by atoms with Crippen LogP contribution in [0.15, 0.2) is 53.7 Å². The van der Waals surface area contributed by atoms with Crippen molar-refractivity contribution < 1.29 is 9.57 Å². The highest BCUT2D eigenvalue weighted by atomic mass is 35.5. The molecule has 5 heteroatoms. The lowest BCUT2D eigenvalue weighted by molar-refractivity contribution is 0.134. The average molecular weight is 413 g/mol. The van der Waals surface area contributed by atoms with Gasteiger partial charge in [0, 0.05) is 11.1 Å². The Labute approximate surface area is 178 Å². The minimum atomic E-state index is 0.528. The average Bonchev–Trinajstić information content (AvgIpc) is 2.79. The number of methoxy groups -OCH3 is 1. The predicted octanol–water partition coefficient (Wildman–Crippen LogP) is 5.91. The summed E-state index contributed by atoms with van der Waals surface area (Å²) in [5, 5.41) is 5.18. The van der Waals surface area contributed by atoms with Gasteiger partial charge in [-0.3, -0.25) is 0 Å². The zero-order valence-corrected chi connectivity index (χ0v) is 17.8. The molecule has 2 aliphatic rings. The zero-order chi connectivity index (χ0) is 20.1. The number of para-hydroxylation sites is 1. The van der Waals surface area contributed by atoms with Crippen molar-refractivity contribution in [1.29, 1.82) is 0 Å². The molecule has 2 aromatic rings. The quantitative estimate of drug-likeness (QED) is 0.573. The lowest BCUT2D eigenvalue weighted by atomic mass is 9.86. The van der Waals surface area contributed by atoms with Crippen LogP contribution in [-0.2, 0) is 0 Å². The Morgan fingerprint density at radius 1 is 0.966 bits per heavy atom. The highest BCUT2D eigenvalue weighted by molar-refractivity contribution is 6.30. The second-order valence-electron chi connectivity index (χ2n) is 7.99. The summed E-state index contributed by atoms with van der Waals surface area (Å²) in [4.78, 5) is 8.24. The molecule has 0 spiro atoms. The molecule has 1 aliphatic heterocycles. The number of oxime groups is 1. The van der Waals surface area contributed by atoms with Crippen LogP contribution >= 0.6 is 11.6 Å². The molecule has 0 bridgehead atoms. The van der Waals surface area contributed by atoms with Gasteiger partial charge >= 0.3 is 0 Å². The van der Waals surface area contributed by atoms with Crippen molar-refractivity contribution in [2.24, 2.45) is 5.16 Å². The summed E-state index contributed by atoms with van der Waals surface area (Å²) in [6.45, 7) is 2.27. The van der Waals surface area contributed by atoms with E-state index in [0.717, 1.165) is 55.3 Å². The van der Waals surface area contributed by atoms with Crippen molar-refractivity contribution in [3.63, 3.8) is 0 Å². The minimum Gasteiger partial charge on any atom is -0.496 e. The van der Waals surface area contributed by atoms with Crippen molar-refractivity contribution in [1.82, 2.24) is 4.90 Å². The van der Waals surface area contributed by atoms with E-state index in [1.807, 2.05) is 42.5 Å². The Morgan fingerprint density at radius 3 is 2.38 bits per heavy atom. The molecular formula is C24H29ClN2O2. The second kappa shape index (κ2) is 9.64. The Hall–Kier alpha value is -2.04. The van der Waals surface area contributed by atoms with Crippen molar-refractivity contribution in [2.45, 2.75) is 50.5 Å². The number of nitrogens with zero attached hydrogens (tertiary/aromatic N) is 2. The van der Waals surface area contributed by atoms with E-state index in [1.54, 1.807) is 7.11 Å². The van der Waals surface area contributed by atoms with E-state index in [0.29, 0.717) is 12.0 Å². The van der Waals surface area contributed by atoms with Crippen LogP contribution in [0.25, 0.3) is 0 Å². The van der Waals surface area contributed by atoms with E-state index in [-0.39, 0.29) is 0 Å². The standard InChI is InChI=1S/C24H29ClN2O2/c1-28-24-12-7-19(25)17-23(24)18-13-15-27(16-14-18)21-10-8-20(9-11-21)26-29-22-5-3-2-4-6-22/h2-7,12,17-18,21H,8-11,13-16H2,1H3. The maximum atomic E-state index is 6.23. The first kappa shape index (κ1) is 20.2. The van der Waals surface area contributed by atoms with Gasteiger partial charge in [0.25, 0.3) is 0 Å². The van der Waals surface area contributed by atoms with Gasteiger partial charge < -0.3 is 14.5 Å². The van der Waals surface area contributed by atoms with Crippen molar-refractivity contribution in [3.05, 3.63) is 59.1 Å². The van der Waals surface area contributed by atoms with Crippen molar-refractivity contribution in [3.8, 4) is 11.5 Å². The molecule has 1 aliphatic carbocycles. The van der Waals surface area contributed by atoms with Gasteiger partial charge in [-0.15, -0.1) is 0 Å². The SMILES string of the molecule is COc1ccc(Cl)cc1C1CCN(C2CCC(=NOc3ccccc3)CC2)CC1. The van der Waals surface area contributed by atoms with Crippen LogP contribution in [0.5, 0.6) is 11.5 Å². The summed E-state index contributed by atoms with van der Waals surface area (Å²) >= 11 is 6.23. The van der Waals surface area contributed by atoms with Gasteiger partial charge in [-0.1, -0.05) is 35.0 Å². The van der Waals surface area contributed by atoms with Gasteiger partial charge in [-0.25, -0.2) is 0 Å². The summed E-state index contributed by atoms with van der Waals surface area (Å²) in [5.74, 6) is 2.30. The lowest BCUT2D eigenvalue weighted by Crippen LogP contribution is -2.43. The third-order valence-corrected chi connectivity index (χ3v) is 6.47. The Bertz CT molecular complexity index is 822. The fraction of sp³-hybridized carbons (Fsp3) is 0.458. The highest BCUT2D eigenvalue weighted by Crippen LogP contribution is 2.37. The Balaban J connectivity index is 1.28. The first-order valence-electron chi connectivity index (χ1n) is 10.6. The number of likely N-dealkylation sites (tertiary alicyclic amines) is 1. The number of ether oxygens (including phenoxy) is 1. The third kappa shape index (κ3) is 5.12. The van der Waals surface area contributed by atoms with E-state index in [9.17, 15) is 0 Å². The van der Waals surface area contributed by atoms with E-state index in [2.05, 4.69) is 16.1 Å². The largest absolute Gasteiger partial charge is 0.496 e. The summed E-state index contributed by atoms with van der Waals surface area (Å²) in [6.07, 6.45) is 6.71. The second-order valence-corrected chi connectivity index (χ2v) is 8.43. The molecule has 0 N–H and O–H groups in total. The molecule has 2 aromatic carbocycles. The van der Waals surface area contributed by atoms with Gasteiger partial charge in [-0.2, -0.15) is 0 Å². The molecule has 1 saturated carbocycles. The number of hydrogen-bond acceptors (Lipinski definition) is 4. The van der Waals surface area contributed by atoms with Gasteiger partial charge in [0.15, 0.2) is 5.75 Å². The van der Waals surface area contributed by atoms with E-state index >= 15 is 0 Å². The zero-order valence-electron chi connectivity index (χ0n) is 17.0. The third-order valence-electron chi connectivity index (χ3n) is 6.23. The monoisotopic (exact) mass is 412 g/mol. The predicted molar refractivity (Wildman–Crippen MR) is 118 cm³/mol. The van der Waals surface area contributed by atoms with E-state index in [1.165, 1.54) is 24.1 Å². The molecule has 0 radical (unpaired) electrons. The fourth-order valence-corrected chi connectivity index (χ4v) is 4.77. The first-order valence-corrected chi connectivity index (χ1v) is 11.0. The molecule has 0 aromatic heterocycles. The molecular weight excluding hydrogens is 384 g/mol. The normalized spacial score (nSPS) is 21.0. The number of benzene rings is 2. The summed E-state index contributed by atoms with van der Waals surface area (Å²) in [7, 11) is 1.74. The van der Waals surface area contributed by atoms with Gasteiger partial charge in [-0.05, 0) is 93.4 Å². The van der Waals surface area contributed by atoms with Crippen LogP contribution in [0.4, 0.5) is 0 Å². The van der Waals surface area contributed by atoms with Gasteiger partial charge in [0.1, 0.15) is 5.75 Å². The molecule has 1 saturated heterocycles. The molecule has 2 fully saturated rings. The van der Waals surface area contributed by atoms with Crippen LogP contribution in [0.2, 0.25) is 5.02 Å². The minimum absolute atomic E-state index is 0.528. The van der Waals surface area contributed by atoms with Crippen LogP contribution < -0.4 is 9.57 Å². The first-order chi connectivity index (χ1) is 14.2. The Morgan fingerprint density at radius 2 is 1.69 bits per heavy atom. The molecule has 1 heterocycles. The summed E-state index contributed by atoms with van der Waals surface area (Å²) < 4.78 is 5.57. The topological polar surface area (TPSA) is 34.1 Å². The van der Waals surface area contributed by atoms with Gasteiger partial charge in [0.05, 0.1) is 12.8 Å². The molecule has 29 heavy (non-hydrogen) atoms. The highest BCUT2D eigenvalue weighted by Gasteiger charge is 2.29. The van der Waals surface area contributed by atoms with Crippen LogP contribution in [0.1, 0.15) is 50.0 Å². The lowest BCUT2D eigenvalue weighted by Gasteiger charge is -2.39. The molecule has 0 atom stereocenters. The van der Waals surface area contributed by atoms with Crippen LogP contribution in [-0.4, -0.2) is 36.9 Å². The van der Waals surface area contributed by atoms with Crippen LogP contribution in [0.3, 0.4) is 0 Å². The molecule has 154 valence electrons. The van der Waals surface area contributed by atoms with Crippen LogP contribution in [0, 0.1) is 0 Å². The van der Waals surface area contributed by atoms with Crippen molar-refractivity contribution >= 4 is 17.3 Å². The summed E-state index contributed by atoms with van der Waals surface area (Å²) in [5.41, 5.74) is 2.44. The van der Waals surface area contributed by atoms with Gasteiger partial charge in [0.2, 0.25) is 0 Å².